The maximum Gasteiger partial charge on any atom is 0.243 e. The van der Waals surface area contributed by atoms with Gasteiger partial charge in [0.25, 0.3) is 0 Å². The first-order valence-corrected chi connectivity index (χ1v) is 10.1. The molecule has 1 fully saturated rings. The third-order valence-corrected chi connectivity index (χ3v) is 6.55. The summed E-state index contributed by atoms with van der Waals surface area (Å²) in [6, 6.07) is 4.38. The summed E-state index contributed by atoms with van der Waals surface area (Å²) >= 11 is 0. The highest BCUT2D eigenvalue weighted by molar-refractivity contribution is 7.89. The van der Waals surface area contributed by atoms with Crippen molar-refractivity contribution in [2.75, 3.05) is 19.8 Å². The summed E-state index contributed by atoms with van der Waals surface area (Å²) < 4.78 is 38.8. The molecule has 1 saturated carbocycles. The molecule has 0 aromatic heterocycles. The molecule has 134 valence electrons. The van der Waals surface area contributed by atoms with Crippen molar-refractivity contribution in [2.45, 2.75) is 56.1 Å². The molecule has 24 heavy (non-hydrogen) atoms. The van der Waals surface area contributed by atoms with E-state index in [0.29, 0.717) is 50.5 Å². The normalized spacial score (nSPS) is 24.1. The van der Waals surface area contributed by atoms with Crippen molar-refractivity contribution >= 4 is 10.0 Å². The highest BCUT2D eigenvalue weighted by Crippen LogP contribution is 2.35. The lowest BCUT2D eigenvalue weighted by atomic mass is 9.92. The van der Waals surface area contributed by atoms with Gasteiger partial charge in [0.15, 0.2) is 11.5 Å². The molecular formula is C17H25NO5S. The standard InChI is InChI=1S/C17H25NO5S/c1-2-9-18(14-5-3-4-6-15(14)19)24(20,21)13-7-8-16-17(12-13)23-11-10-22-16/h7-8,12,14-15,19H,2-6,9-11H2,1H3/t14-,15+/m1/s1. The fourth-order valence-corrected chi connectivity index (χ4v) is 5.22. The SMILES string of the molecule is CCCN([C@@H]1CCCC[C@@H]1O)S(=O)(=O)c1ccc2c(c1)OCCO2. The van der Waals surface area contributed by atoms with Gasteiger partial charge in [0.1, 0.15) is 13.2 Å². The Kier molecular flexibility index (Phi) is 5.32. The monoisotopic (exact) mass is 355 g/mol. The van der Waals surface area contributed by atoms with Crippen LogP contribution in [-0.2, 0) is 10.0 Å². The van der Waals surface area contributed by atoms with Crippen molar-refractivity contribution in [1.29, 1.82) is 0 Å². The molecule has 0 spiro atoms. The topological polar surface area (TPSA) is 76.1 Å². The second kappa shape index (κ2) is 7.29. The molecule has 0 bridgehead atoms. The zero-order valence-corrected chi connectivity index (χ0v) is 14.8. The minimum absolute atomic E-state index is 0.193. The molecular weight excluding hydrogens is 330 g/mol. The molecule has 1 N–H and O–H groups in total. The van der Waals surface area contributed by atoms with E-state index in [1.165, 1.54) is 10.4 Å². The Balaban J connectivity index is 1.93. The van der Waals surface area contributed by atoms with Gasteiger partial charge in [-0.2, -0.15) is 4.31 Å². The van der Waals surface area contributed by atoms with E-state index in [4.69, 9.17) is 9.47 Å². The Bertz CT molecular complexity index is 676. The van der Waals surface area contributed by atoms with Gasteiger partial charge in [-0.15, -0.1) is 0 Å². The molecule has 1 aromatic rings. The smallest absolute Gasteiger partial charge is 0.243 e. The van der Waals surface area contributed by atoms with Gasteiger partial charge < -0.3 is 14.6 Å². The predicted octanol–water partition coefficient (Wildman–Crippen LogP) is 2.16. The number of ether oxygens (including phenoxy) is 2. The van der Waals surface area contributed by atoms with E-state index in [2.05, 4.69) is 0 Å². The van der Waals surface area contributed by atoms with Gasteiger partial charge in [0.2, 0.25) is 10.0 Å². The van der Waals surface area contributed by atoms with Gasteiger partial charge in [-0.05, 0) is 31.4 Å². The molecule has 1 aliphatic heterocycles. The zero-order valence-electron chi connectivity index (χ0n) is 14.0. The molecule has 7 heteroatoms. The van der Waals surface area contributed by atoms with Crippen LogP contribution in [0.25, 0.3) is 0 Å². The lowest BCUT2D eigenvalue weighted by Crippen LogP contribution is -2.48. The van der Waals surface area contributed by atoms with E-state index in [1.807, 2.05) is 6.92 Å². The number of aliphatic hydroxyl groups excluding tert-OH is 1. The van der Waals surface area contributed by atoms with Crippen molar-refractivity contribution in [3.8, 4) is 11.5 Å². The molecule has 6 nitrogen and oxygen atoms in total. The van der Waals surface area contributed by atoms with E-state index < -0.39 is 16.1 Å². The Morgan fingerprint density at radius 1 is 1.17 bits per heavy atom. The van der Waals surface area contributed by atoms with E-state index >= 15 is 0 Å². The Morgan fingerprint density at radius 3 is 2.58 bits per heavy atom. The summed E-state index contributed by atoms with van der Waals surface area (Å²) in [5, 5.41) is 10.3. The molecule has 2 aliphatic rings. The molecule has 1 aromatic carbocycles. The number of hydrogen-bond acceptors (Lipinski definition) is 5. The summed E-state index contributed by atoms with van der Waals surface area (Å²) in [6.07, 6.45) is 3.34. The molecule has 1 heterocycles. The van der Waals surface area contributed by atoms with Gasteiger partial charge in [-0.3, -0.25) is 0 Å². The van der Waals surface area contributed by atoms with Crippen molar-refractivity contribution < 1.29 is 23.0 Å². The summed E-state index contributed by atoms with van der Waals surface area (Å²) in [4.78, 5) is 0.193. The Hall–Kier alpha value is -1.31. The van der Waals surface area contributed by atoms with Crippen molar-refractivity contribution in [3.05, 3.63) is 18.2 Å². The van der Waals surface area contributed by atoms with Crippen molar-refractivity contribution in [1.82, 2.24) is 4.31 Å². The second-order valence-electron chi connectivity index (χ2n) is 6.34. The van der Waals surface area contributed by atoms with Crippen LogP contribution in [-0.4, -0.2) is 49.7 Å². The molecule has 0 amide bonds. The summed E-state index contributed by atoms with van der Waals surface area (Å²) in [5.41, 5.74) is 0. The number of benzene rings is 1. The average molecular weight is 355 g/mol. The lowest BCUT2D eigenvalue weighted by molar-refractivity contribution is 0.0557. The number of aliphatic hydroxyl groups is 1. The predicted molar refractivity (Wildman–Crippen MR) is 89.9 cm³/mol. The summed E-state index contributed by atoms with van der Waals surface area (Å²) in [6.45, 7) is 3.23. The van der Waals surface area contributed by atoms with Crippen LogP contribution in [0.15, 0.2) is 23.1 Å². The minimum Gasteiger partial charge on any atom is -0.486 e. The highest BCUT2D eigenvalue weighted by atomic mass is 32.2. The van der Waals surface area contributed by atoms with Gasteiger partial charge in [-0.25, -0.2) is 8.42 Å². The lowest BCUT2D eigenvalue weighted by Gasteiger charge is -2.36. The largest absolute Gasteiger partial charge is 0.486 e. The quantitative estimate of drug-likeness (QED) is 0.876. The molecule has 0 unspecified atom stereocenters. The van der Waals surface area contributed by atoms with Gasteiger partial charge in [-0.1, -0.05) is 19.8 Å². The van der Waals surface area contributed by atoms with Gasteiger partial charge in [0.05, 0.1) is 17.0 Å². The fraction of sp³-hybridized carbons (Fsp3) is 0.647. The highest BCUT2D eigenvalue weighted by Gasteiger charge is 2.36. The van der Waals surface area contributed by atoms with Crippen LogP contribution in [0, 0.1) is 0 Å². The van der Waals surface area contributed by atoms with Crippen LogP contribution in [0.2, 0.25) is 0 Å². The molecule has 3 rings (SSSR count). The number of hydrogen-bond donors (Lipinski definition) is 1. The number of sulfonamides is 1. The molecule has 2 atom stereocenters. The van der Waals surface area contributed by atoms with E-state index in [0.717, 1.165) is 12.8 Å². The third kappa shape index (κ3) is 3.38. The Labute approximate surface area is 143 Å². The molecule has 0 radical (unpaired) electrons. The minimum atomic E-state index is -3.69. The van der Waals surface area contributed by atoms with E-state index in [-0.39, 0.29) is 10.9 Å². The van der Waals surface area contributed by atoms with Gasteiger partial charge in [0, 0.05) is 12.6 Å². The first-order chi connectivity index (χ1) is 11.5. The molecule has 1 aliphatic carbocycles. The van der Waals surface area contributed by atoms with Gasteiger partial charge >= 0.3 is 0 Å². The van der Waals surface area contributed by atoms with Crippen molar-refractivity contribution in [3.63, 3.8) is 0 Å². The number of rotatable bonds is 5. The van der Waals surface area contributed by atoms with E-state index in [9.17, 15) is 13.5 Å². The summed E-state index contributed by atoms with van der Waals surface area (Å²) in [5.74, 6) is 1.03. The maximum atomic E-state index is 13.2. The first kappa shape index (κ1) is 17.5. The van der Waals surface area contributed by atoms with Crippen LogP contribution < -0.4 is 9.47 Å². The zero-order chi connectivity index (χ0) is 17.2. The van der Waals surface area contributed by atoms with Crippen LogP contribution in [0.4, 0.5) is 0 Å². The maximum absolute atomic E-state index is 13.2. The Morgan fingerprint density at radius 2 is 1.88 bits per heavy atom. The second-order valence-corrected chi connectivity index (χ2v) is 8.23. The van der Waals surface area contributed by atoms with Crippen LogP contribution in [0.3, 0.4) is 0 Å². The van der Waals surface area contributed by atoms with Crippen molar-refractivity contribution in [2.24, 2.45) is 0 Å². The number of nitrogens with zero attached hydrogens (tertiary/aromatic N) is 1. The third-order valence-electron chi connectivity index (χ3n) is 4.63. The molecule has 0 saturated heterocycles. The van der Waals surface area contributed by atoms with Crippen LogP contribution in [0.5, 0.6) is 11.5 Å². The van der Waals surface area contributed by atoms with Crippen LogP contribution in [0.1, 0.15) is 39.0 Å². The first-order valence-electron chi connectivity index (χ1n) is 8.63. The van der Waals surface area contributed by atoms with E-state index in [1.54, 1.807) is 12.1 Å². The number of fused-ring (bicyclic) bond motifs is 1. The van der Waals surface area contributed by atoms with Crippen LogP contribution >= 0.6 is 0 Å². The summed E-state index contributed by atoms with van der Waals surface area (Å²) in [7, 11) is -3.69. The fourth-order valence-electron chi connectivity index (χ4n) is 3.43. The average Bonchev–Trinajstić information content (AvgIpc) is 2.60.